The zero-order valence-electron chi connectivity index (χ0n) is 9.07. The summed E-state index contributed by atoms with van der Waals surface area (Å²) in [5.41, 5.74) is -0.287. The summed E-state index contributed by atoms with van der Waals surface area (Å²) in [7, 11) is 0. The monoisotopic (exact) mass is 225 g/mol. The first-order valence-electron chi connectivity index (χ1n) is 5.76. The number of ether oxygens (including phenoxy) is 1. The molecule has 3 rings (SSSR count). The summed E-state index contributed by atoms with van der Waals surface area (Å²) in [6.45, 7) is 0.655. The van der Waals surface area contributed by atoms with E-state index >= 15 is 0 Å². The van der Waals surface area contributed by atoms with Crippen molar-refractivity contribution in [1.29, 1.82) is 0 Å². The minimum atomic E-state index is -0.967. The molecule has 2 fully saturated rings. The third-order valence-electron chi connectivity index (χ3n) is 3.96. The number of nitrogens with zero attached hydrogens (tertiary/aromatic N) is 1. The van der Waals surface area contributed by atoms with Gasteiger partial charge in [0.15, 0.2) is 5.71 Å². The Balaban J connectivity index is 1.73. The van der Waals surface area contributed by atoms with Crippen LogP contribution in [0.3, 0.4) is 0 Å². The Bertz CT molecular complexity index is 361. The Hall–Kier alpha value is -1.10. The van der Waals surface area contributed by atoms with Crippen LogP contribution in [0.15, 0.2) is 5.16 Å². The van der Waals surface area contributed by atoms with Crippen molar-refractivity contribution >= 4 is 11.7 Å². The lowest BCUT2D eigenvalue weighted by molar-refractivity contribution is -0.200. The Morgan fingerprint density at radius 1 is 1.31 bits per heavy atom. The minimum absolute atomic E-state index is 0.0400. The molecule has 2 heterocycles. The lowest BCUT2D eigenvalue weighted by Gasteiger charge is -2.49. The average molecular weight is 225 g/mol. The van der Waals surface area contributed by atoms with Crippen LogP contribution in [0.4, 0.5) is 0 Å². The van der Waals surface area contributed by atoms with Crippen LogP contribution >= 0.6 is 0 Å². The molecule has 2 spiro atoms. The molecule has 1 unspecified atom stereocenters. The van der Waals surface area contributed by atoms with Crippen LogP contribution in [0, 0.1) is 0 Å². The number of hydrogen-bond acceptors (Lipinski definition) is 4. The molecule has 5 nitrogen and oxygen atoms in total. The van der Waals surface area contributed by atoms with E-state index in [0.29, 0.717) is 13.0 Å². The third kappa shape index (κ3) is 1.42. The number of oxime groups is 1. The van der Waals surface area contributed by atoms with Gasteiger partial charge in [-0.15, -0.1) is 0 Å². The molecule has 0 aromatic carbocycles. The summed E-state index contributed by atoms with van der Waals surface area (Å²) in [5.74, 6) is -0.967. The van der Waals surface area contributed by atoms with Crippen molar-refractivity contribution in [2.24, 2.45) is 5.16 Å². The second kappa shape index (κ2) is 3.20. The summed E-state index contributed by atoms with van der Waals surface area (Å²) in [6, 6.07) is 0. The maximum atomic E-state index is 10.8. The van der Waals surface area contributed by atoms with Gasteiger partial charge in [-0.05, 0) is 19.3 Å². The van der Waals surface area contributed by atoms with Crippen molar-refractivity contribution in [2.75, 3.05) is 6.61 Å². The van der Waals surface area contributed by atoms with Crippen LogP contribution in [-0.4, -0.2) is 34.6 Å². The van der Waals surface area contributed by atoms with Crippen molar-refractivity contribution < 1.29 is 19.5 Å². The zero-order chi connectivity index (χ0) is 11.2. The fraction of sp³-hybridized carbons (Fsp3) is 0.818. The molecule has 0 amide bonds. The van der Waals surface area contributed by atoms with Crippen LogP contribution in [0.5, 0.6) is 0 Å². The summed E-state index contributed by atoms with van der Waals surface area (Å²) in [6.07, 6.45) is 5.30. The first kappa shape index (κ1) is 10.1. The summed E-state index contributed by atoms with van der Waals surface area (Å²) in [5, 5.41) is 12.6. The largest absolute Gasteiger partial charge is 0.477 e. The van der Waals surface area contributed by atoms with E-state index in [9.17, 15) is 4.79 Å². The topological polar surface area (TPSA) is 68.1 Å². The molecule has 1 atom stereocenters. The fourth-order valence-corrected chi connectivity index (χ4v) is 2.94. The van der Waals surface area contributed by atoms with Crippen molar-refractivity contribution in [1.82, 2.24) is 0 Å². The molecule has 1 saturated heterocycles. The maximum absolute atomic E-state index is 10.8. The van der Waals surface area contributed by atoms with Gasteiger partial charge < -0.3 is 14.7 Å². The Morgan fingerprint density at radius 2 is 2.12 bits per heavy atom. The first-order valence-corrected chi connectivity index (χ1v) is 5.76. The zero-order valence-corrected chi connectivity index (χ0v) is 9.07. The fourth-order valence-electron chi connectivity index (χ4n) is 2.94. The maximum Gasteiger partial charge on any atom is 0.353 e. The van der Waals surface area contributed by atoms with E-state index < -0.39 is 11.6 Å². The van der Waals surface area contributed by atoms with Gasteiger partial charge in [0.1, 0.15) is 5.60 Å². The SMILES string of the molecule is O=C(O)C1=NOC2(CCOC3(CCC3)C2)C1. The van der Waals surface area contributed by atoms with E-state index in [4.69, 9.17) is 14.7 Å². The van der Waals surface area contributed by atoms with Gasteiger partial charge in [-0.25, -0.2) is 4.79 Å². The highest BCUT2D eigenvalue weighted by molar-refractivity contribution is 6.36. The van der Waals surface area contributed by atoms with Crippen LogP contribution in [-0.2, 0) is 14.4 Å². The lowest BCUT2D eigenvalue weighted by atomic mass is 9.69. The number of hydrogen-bond donors (Lipinski definition) is 1. The minimum Gasteiger partial charge on any atom is -0.477 e. The van der Waals surface area contributed by atoms with E-state index in [0.717, 1.165) is 25.7 Å². The number of carboxylic acid groups (broad SMARTS) is 1. The molecule has 1 N–H and O–H groups in total. The smallest absolute Gasteiger partial charge is 0.353 e. The van der Waals surface area contributed by atoms with Gasteiger partial charge in [0, 0.05) is 19.3 Å². The van der Waals surface area contributed by atoms with Gasteiger partial charge in [-0.1, -0.05) is 5.16 Å². The Kier molecular flexibility index (Phi) is 2.01. The molecule has 0 radical (unpaired) electrons. The van der Waals surface area contributed by atoms with Gasteiger partial charge in [-0.3, -0.25) is 0 Å². The van der Waals surface area contributed by atoms with E-state index in [2.05, 4.69) is 5.16 Å². The van der Waals surface area contributed by atoms with Crippen LogP contribution < -0.4 is 0 Å². The highest BCUT2D eigenvalue weighted by Gasteiger charge is 2.53. The van der Waals surface area contributed by atoms with Gasteiger partial charge >= 0.3 is 5.97 Å². The highest BCUT2D eigenvalue weighted by atomic mass is 16.7. The van der Waals surface area contributed by atoms with Crippen LogP contribution in [0.25, 0.3) is 0 Å². The summed E-state index contributed by atoms with van der Waals surface area (Å²) in [4.78, 5) is 16.2. The van der Waals surface area contributed by atoms with Crippen molar-refractivity contribution in [3.8, 4) is 0 Å². The molecular weight excluding hydrogens is 210 g/mol. The van der Waals surface area contributed by atoms with Gasteiger partial charge in [-0.2, -0.15) is 0 Å². The second-order valence-corrected chi connectivity index (χ2v) is 5.11. The molecule has 3 aliphatic rings. The average Bonchev–Trinajstić information content (AvgIpc) is 2.60. The highest BCUT2D eigenvalue weighted by Crippen LogP contribution is 2.49. The van der Waals surface area contributed by atoms with Crippen LogP contribution in [0.2, 0.25) is 0 Å². The van der Waals surface area contributed by atoms with Crippen LogP contribution in [0.1, 0.15) is 38.5 Å². The van der Waals surface area contributed by atoms with Gasteiger partial charge in [0.05, 0.1) is 12.2 Å². The van der Waals surface area contributed by atoms with Crippen molar-refractivity contribution in [2.45, 2.75) is 49.7 Å². The molecule has 16 heavy (non-hydrogen) atoms. The van der Waals surface area contributed by atoms with Crippen molar-refractivity contribution in [3.63, 3.8) is 0 Å². The molecule has 5 heteroatoms. The van der Waals surface area contributed by atoms with Crippen molar-refractivity contribution in [3.05, 3.63) is 0 Å². The van der Waals surface area contributed by atoms with Gasteiger partial charge in [0.2, 0.25) is 0 Å². The van der Waals surface area contributed by atoms with E-state index in [1.807, 2.05) is 0 Å². The predicted molar refractivity (Wildman–Crippen MR) is 55.3 cm³/mol. The first-order chi connectivity index (χ1) is 7.63. The van der Waals surface area contributed by atoms with E-state index in [-0.39, 0.29) is 11.3 Å². The molecule has 0 aromatic heterocycles. The standard InChI is InChI=1S/C11H15NO4/c13-9(14)8-6-11(16-12-8)4-5-15-10(7-11)2-1-3-10/h1-7H2,(H,13,14). The number of carbonyl (C=O) groups is 1. The Morgan fingerprint density at radius 3 is 2.69 bits per heavy atom. The molecular formula is C11H15NO4. The molecule has 1 aliphatic carbocycles. The van der Waals surface area contributed by atoms with E-state index in [1.54, 1.807) is 0 Å². The predicted octanol–water partition coefficient (Wildman–Crippen LogP) is 1.32. The molecule has 2 aliphatic heterocycles. The quantitative estimate of drug-likeness (QED) is 0.730. The molecule has 88 valence electrons. The summed E-state index contributed by atoms with van der Waals surface area (Å²) < 4.78 is 5.81. The lowest BCUT2D eigenvalue weighted by Crippen LogP contribution is -2.53. The molecule has 0 aromatic rings. The normalized spacial score (nSPS) is 35.6. The molecule has 0 bridgehead atoms. The number of rotatable bonds is 1. The summed E-state index contributed by atoms with van der Waals surface area (Å²) >= 11 is 0. The number of aliphatic carboxylic acids is 1. The number of carboxylic acids is 1. The Labute approximate surface area is 93.4 Å². The van der Waals surface area contributed by atoms with E-state index in [1.165, 1.54) is 6.42 Å². The molecule has 1 saturated carbocycles. The second-order valence-electron chi connectivity index (χ2n) is 5.11. The third-order valence-corrected chi connectivity index (χ3v) is 3.96. The van der Waals surface area contributed by atoms with Gasteiger partial charge in [0.25, 0.3) is 0 Å².